The molecule has 0 spiro atoms. The first-order chi connectivity index (χ1) is 7.74. The number of hydrogen-bond donors (Lipinski definition) is 2. The Morgan fingerprint density at radius 3 is 3.06 bits per heavy atom. The van der Waals surface area contributed by atoms with Gasteiger partial charge in [0.25, 0.3) is 0 Å². The molecule has 1 heterocycles. The molecule has 0 aliphatic rings. The van der Waals surface area contributed by atoms with Crippen molar-refractivity contribution in [1.82, 2.24) is 9.59 Å². The highest BCUT2D eigenvalue weighted by Crippen LogP contribution is 2.11. The highest BCUT2D eigenvalue weighted by molar-refractivity contribution is 7.10. The topological polar surface area (TPSA) is 80.9 Å². The van der Waals surface area contributed by atoms with Gasteiger partial charge in [-0.05, 0) is 17.7 Å². The first-order valence-corrected chi connectivity index (χ1v) is 5.43. The lowest BCUT2D eigenvalue weighted by molar-refractivity contribution is -0.115. The number of anilines is 2. The number of amides is 1. The van der Waals surface area contributed by atoms with Crippen LogP contribution in [0.5, 0.6) is 0 Å². The number of nitrogens with one attached hydrogen (secondary N) is 1. The maximum absolute atomic E-state index is 11.6. The van der Waals surface area contributed by atoms with Gasteiger partial charge in [0, 0.05) is 17.2 Å². The Bertz CT molecular complexity index is 483. The third-order valence-corrected chi connectivity index (χ3v) is 2.52. The summed E-state index contributed by atoms with van der Waals surface area (Å²) in [6, 6.07) is 7.26. The second kappa shape index (κ2) is 4.71. The van der Waals surface area contributed by atoms with Crippen molar-refractivity contribution in [3.8, 4) is 0 Å². The molecule has 1 aromatic heterocycles. The maximum Gasteiger partial charge on any atom is 0.229 e. The van der Waals surface area contributed by atoms with Gasteiger partial charge in [-0.15, -0.1) is 5.10 Å². The Kier molecular flexibility index (Phi) is 3.11. The van der Waals surface area contributed by atoms with Gasteiger partial charge in [-0.2, -0.15) is 0 Å². The molecule has 5 nitrogen and oxygen atoms in total. The van der Waals surface area contributed by atoms with E-state index in [2.05, 4.69) is 14.9 Å². The molecule has 0 aliphatic heterocycles. The Morgan fingerprint density at radius 2 is 2.38 bits per heavy atom. The summed E-state index contributed by atoms with van der Waals surface area (Å²) in [4.78, 5) is 11.6. The molecule has 0 unspecified atom stereocenters. The number of nitrogen functional groups attached to an aromatic ring is 1. The van der Waals surface area contributed by atoms with Crippen LogP contribution in [0, 0.1) is 0 Å². The van der Waals surface area contributed by atoms with Crippen LogP contribution in [-0.2, 0) is 11.2 Å². The molecule has 0 fully saturated rings. The van der Waals surface area contributed by atoms with Crippen molar-refractivity contribution in [2.24, 2.45) is 0 Å². The number of rotatable bonds is 3. The van der Waals surface area contributed by atoms with Crippen molar-refractivity contribution in [2.45, 2.75) is 6.42 Å². The maximum atomic E-state index is 11.6. The lowest BCUT2D eigenvalue weighted by Gasteiger charge is -2.02. The minimum absolute atomic E-state index is 0.100. The van der Waals surface area contributed by atoms with Gasteiger partial charge >= 0.3 is 0 Å². The molecule has 0 saturated heterocycles. The number of benzene rings is 1. The number of hydrogen-bond acceptors (Lipinski definition) is 5. The predicted octanol–water partition coefficient (Wildman–Crippen LogP) is 1.30. The van der Waals surface area contributed by atoms with Gasteiger partial charge in [-0.3, -0.25) is 4.79 Å². The normalized spacial score (nSPS) is 10.0. The third kappa shape index (κ3) is 2.77. The summed E-state index contributed by atoms with van der Waals surface area (Å²) in [7, 11) is 0. The van der Waals surface area contributed by atoms with Gasteiger partial charge in [0.15, 0.2) is 0 Å². The fourth-order valence-electron chi connectivity index (χ4n) is 1.29. The van der Waals surface area contributed by atoms with E-state index >= 15 is 0 Å². The highest BCUT2D eigenvalue weighted by Gasteiger charge is 2.05. The van der Waals surface area contributed by atoms with Crippen LogP contribution in [0.25, 0.3) is 0 Å². The molecule has 6 heteroatoms. The van der Waals surface area contributed by atoms with Gasteiger partial charge in [-0.1, -0.05) is 16.6 Å². The van der Waals surface area contributed by atoms with Crippen LogP contribution in [0.3, 0.4) is 0 Å². The molecule has 0 saturated carbocycles. The summed E-state index contributed by atoms with van der Waals surface area (Å²) in [5.41, 5.74) is 7.16. The average Bonchev–Trinajstić information content (AvgIpc) is 2.70. The van der Waals surface area contributed by atoms with Crippen LogP contribution < -0.4 is 11.1 Å². The van der Waals surface area contributed by atoms with E-state index in [9.17, 15) is 4.79 Å². The van der Waals surface area contributed by atoms with Gasteiger partial charge in [-0.25, -0.2) is 0 Å². The summed E-state index contributed by atoms with van der Waals surface area (Å²) >= 11 is 1.15. The minimum Gasteiger partial charge on any atom is -0.399 e. The van der Waals surface area contributed by atoms with E-state index < -0.39 is 0 Å². The molecule has 0 aliphatic carbocycles. The highest BCUT2D eigenvalue weighted by atomic mass is 32.1. The molecule has 1 aromatic carbocycles. The van der Waals surface area contributed by atoms with Crippen molar-refractivity contribution < 1.29 is 4.79 Å². The molecular formula is C10H10N4OS. The van der Waals surface area contributed by atoms with Crippen molar-refractivity contribution in [3.05, 3.63) is 36.0 Å². The molecule has 16 heavy (non-hydrogen) atoms. The lowest BCUT2D eigenvalue weighted by Crippen LogP contribution is -2.13. The Labute approximate surface area is 96.5 Å². The van der Waals surface area contributed by atoms with Crippen molar-refractivity contribution in [1.29, 1.82) is 0 Å². The largest absolute Gasteiger partial charge is 0.399 e. The van der Waals surface area contributed by atoms with E-state index in [-0.39, 0.29) is 5.91 Å². The van der Waals surface area contributed by atoms with Gasteiger partial charge in [0.05, 0.1) is 12.6 Å². The molecule has 2 rings (SSSR count). The van der Waals surface area contributed by atoms with Crippen LogP contribution in [0.15, 0.2) is 30.5 Å². The van der Waals surface area contributed by atoms with Crippen LogP contribution in [0.1, 0.15) is 5.56 Å². The standard InChI is InChI=1S/C10H10N4OS/c11-8-3-1-2-7(4-8)5-9(15)13-10-6-12-14-16-10/h1-4,6H,5,11H2,(H,13,15). The number of nitrogens with zero attached hydrogens (tertiary/aromatic N) is 2. The predicted molar refractivity (Wildman–Crippen MR) is 63.1 cm³/mol. The van der Waals surface area contributed by atoms with Gasteiger partial charge in [0.1, 0.15) is 5.00 Å². The van der Waals surface area contributed by atoms with E-state index in [1.54, 1.807) is 12.1 Å². The lowest BCUT2D eigenvalue weighted by atomic mass is 10.1. The van der Waals surface area contributed by atoms with Crippen LogP contribution >= 0.6 is 11.5 Å². The second-order valence-corrected chi connectivity index (χ2v) is 4.04. The smallest absolute Gasteiger partial charge is 0.229 e. The summed E-state index contributed by atoms with van der Waals surface area (Å²) in [6.07, 6.45) is 1.81. The molecule has 0 radical (unpaired) electrons. The van der Waals surface area contributed by atoms with Crippen LogP contribution in [-0.4, -0.2) is 15.5 Å². The Balaban J connectivity index is 1.97. The number of aromatic nitrogens is 2. The fraction of sp³-hybridized carbons (Fsp3) is 0.100. The molecule has 1 amide bonds. The van der Waals surface area contributed by atoms with Gasteiger partial charge in [0.2, 0.25) is 5.91 Å². The zero-order valence-corrected chi connectivity index (χ0v) is 9.20. The average molecular weight is 234 g/mol. The van der Waals surface area contributed by atoms with Gasteiger partial charge < -0.3 is 11.1 Å². The molecule has 0 atom stereocenters. The summed E-state index contributed by atoms with van der Waals surface area (Å²) in [5, 5.41) is 6.98. The minimum atomic E-state index is -0.100. The first kappa shape index (κ1) is 10.6. The Hall–Kier alpha value is -1.95. The van der Waals surface area contributed by atoms with E-state index in [1.807, 2.05) is 12.1 Å². The van der Waals surface area contributed by atoms with E-state index in [0.717, 1.165) is 17.1 Å². The summed E-state index contributed by atoms with van der Waals surface area (Å²) in [5.74, 6) is -0.100. The monoisotopic (exact) mass is 234 g/mol. The summed E-state index contributed by atoms with van der Waals surface area (Å²) in [6.45, 7) is 0. The number of carbonyl (C=O) groups is 1. The second-order valence-electron chi connectivity index (χ2n) is 3.25. The zero-order valence-electron chi connectivity index (χ0n) is 8.38. The SMILES string of the molecule is Nc1cccc(CC(=O)Nc2cnns2)c1. The van der Waals surface area contributed by atoms with Crippen LogP contribution in [0.2, 0.25) is 0 Å². The number of nitrogens with two attached hydrogens (primary N) is 1. The van der Waals surface area contributed by atoms with E-state index in [4.69, 9.17) is 5.73 Å². The molecular weight excluding hydrogens is 224 g/mol. The Morgan fingerprint density at radius 1 is 1.50 bits per heavy atom. The molecule has 3 N–H and O–H groups in total. The van der Waals surface area contributed by atoms with Crippen molar-refractivity contribution >= 4 is 28.1 Å². The number of carbonyl (C=O) groups excluding carboxylic acids is 1. The van der Waals surface area contributed by atoms with Crippen molar-refractivity contribution in [3.63, 3.8) is 0 Å². The van der Waals surface area contributed by atoms with E-state index in [1.165, 1.54) is 6.20 Å². The summed E-state index contributed by atoms with van der Waals surface area (Å²) < 4.78 is 3.65. The van der Waals surface area contributed by atoms with Crippen molar-refractivity contribution in [2.75, 3.05) is 11.1 Å². The third-order valence-electron chi connectivity index (χ3n) is 1.94. The first-order valence-electron chi connectivity index (χ1n) is 4.65. The van der Waals surface area contributed by atoms with E-state index in [0.29, 0.717) is 17.1 Å². The molecule has 2 aromatic rings. The van der Waals surface area contributed by atoms with Crippen LogP contribution in [0.4, 0.5) is 10.7 Å². The molecule has 82 valence electrons. The molecule has 0 bridgehead atoms. The fourth-order valence-corrected chi connectivity index (χ4v) is 1.73. The zero-order chi connectivity index (χ0) is 11.4. The quantitative estimate of drug-likeness (QED) is 0.784.